The highest BCUT2D eigenvalue weighted by Gasteiger charge is 2.19. The highest BCUT2D eigenvalue weighted by molar-refractivity contribution is 7.98. The van der Waals surface area contributed by atoms with Crippen LogP contribution in [-0.2, 0) is 5.75 Å². The number of aryl methyl sites for hydroxylation is 1. The average molecular weight is 444 g/mol. The number of hydrogen-bond acceptors (Lipinski definition) is 3. The van der Waals surface area contributed by atoms with Crippen molar-refractivity contribution in [3.63, 3.8) is 0 Å². The fourth-order valence-electron chi connectivity index (χ4n) is 2.96. The molecule has 0 aliphatic rings. The second kappa shape index (κ2) is 8.57. The smallest absolute Gasteiger partial charge is 0.196 e. The van der Waals surface area contributed by atoms with E-state index < -0.39 is 0 Å². The van der Waals surface area contributed by atoms with Crippen LogP contribution in [0.15, 0.2) is 71.9 Å². The summed E-state index contributed by atoms with van der Waals surface area (Å²) in [5, 5.41) is 10.3. The maximum atomic E-state index is 14.5. The van der Waals surface area contributed by atoms with Crippen LogP contribution < -0.4 is 0 Å². The van der Waals surface area contributed by atoms with Crippen molar-refractivity contribution in [2.45, 2.75) is 17.8 Å². The summed E-state index contributed by atoms with van der Waals surface area (Å²) >= 11 is 13.6. The molecule has 0 bridgehead atoms. The highest BCUT2D eigenvalue weighted by atomic mass is 35.5. The molecule has 0 aliphatic heterocycles. The lowest BCUT2D eigenvalue weighted by atomic mass is 10.2. The number of aromatic nitrogens is 3. The van der Waals surface area contributed by atoms with Crippen molar-refractivity contribution in [2.75, 3.05) is 0 Å². The van der Waals surface area contributed by atoms with E-state index in [1.165, 1.54) is 17.8 Å². The van der Waals surface area contributed by atoms with E-state index in [1.54, 1.807) is 24.3 Å². The number of nitrogens with zero attached hydrogens (tertiary/aromatic N) is 3. The zero-order valence-corrected chi connectivity index (χ0v) is 17.8. The Morgan fingerprint density at radius 3 is 2.52 bits per heavy atom. The van der Waals surface area contributed by atoms with Crippen molar-refractivity contribution in [3.8, 4) is 17.1 Å². The van der Waals surface area contributed by atoms with Gasteiger partial charge in [0.25, 0.3) is 0 Å². The van der Waals surface area contributed by atoms with E-state index in [-0.39, 0.29) is 5.82 Å². The molecule has 0 amide bonds. The van der Waals surface area contributed by atoms with Gasteiger partial charge in [-0.2, -0.15) is 0 Å². The number of rotatable bonds is 5. The standard InChI is InChI=1S/C22H16Cl2FN3S/c1-14-5-4-6-16(11-14)28-21(17-7-2-3-8-20(17)25)26-27-22(28)29-13-15-9-10-18(23)19(24)12-15/h2-12H,13H2,1H3. The Bertz CT molecular complexity index is 1180. The summed E-state index contributed by atoms with van der Waals surface area (Å²) in [5.74, 6) is 0.748. The Balaban J connectivity index is 1.76. The van der Waals surface area contributed by atoms with Crippen LogP contribution in [-0.4, -0.2) is 14.8 Å². The molecule has 0 saturated heterocycles. The minimum absolute atomic E-state index is 0.338. The molecule has 0 N–H and O–H groups in total. The summed E-state index contributed by atoms with van der Waals surface area (Å²) in [5.41, 5.74) is 3.39. The van der Waals surface area contributed by atoms with Crippen LogP contribution in [0.3, 0.4) is 0 Å². The Morgan fingerprint density at radius 1 is 0.931 bits per heavy atom. The van der Waals surface area contributed by atoms with Crippen LogP contribution in [0, 0.1) is 12.7 Å². The van der Waals surface area contributed by atoms with Gasteiger partial charge in [-0.15, -0.1) is 10.2 Å². The minimum atomic E-state index is -0.338. The van der Waals surface area contributed by atoms with Crippen LogP contribution in [0.1, 0.15) is 11.1 Å². The lowest BCUT2D eigenvalue weighted by Gasteiger charge is -2.12. The Morgan fingerprint density at radius 2 is 1.76 bits per heavy atom. The van der Waals surface area contributed by atoms with Gasteiger partial charge in [0.1, 0.15) is 5.82 Å². The molecule has 29 heavy (non-hydrogen) atoms. The first kappa shape index (κ1) is 20.0. The molecule has 1 aromatic heterocycles. The van der Waals surface area contributed by atoms with Crippen LogP contribution in [0.25, 0.3) is 17.1 Å². The molecule has 4 aromatic rings. The normalized spacial score (nSPS) is 11.0. The Kier molecular flexibility index (Phi) is 5.90. The van der Waals surface area contributed by atoms with E-state index in [0.717, 1.165) is 16.8 Å². The summed E-state index contributed by atoms with van der Waals surface area (Å²) < 4.78 is 16.4. The van der Waals surface area contributed by atoms with Gasteiger partial charge in [-0.25, -0.2) is 4.39 Å². The SMILES string of the molecule is Cc1cccc(-n2c(SCc3ccc(Cl)c(Cl)c3)nnc2-c2ccccc2F)c1. The first-order valence-electron chi connectivity index (χ1n) is 8.87. The van der Waals surface area contributed by atoms with Gasteiger partial charge in [0.2, 0.25) is 0 Å². The molecule has 3 aromatic carbocycles. The molecule has 0 saturated carbocycles. The maximum Gasteiger partial charge on any atom is 0.196 e. The Labute approximate surface area is 182 Å². The summed E-state index contributed by atoms with van der Waals surface area (Å²) in [6.45, 7) is 2.01. The molecule has 4 rings (SSSR count). The van der Waals surface area contributed by atoms with Gasteiger partial charge in [-0.1, -0.05) is 65.3 Å². The van der Waals surface area contributed by atoms with Crippen molar-refractivity contribution in [3.05, 3.63) is 93.7 Å². The minimum Gasteiger partial charge on any atom is -0.270 e. The van der Waals surface area contributed by atoms with Crippen LogP contribution >= 0.6 is 35.0 Å². The Hall–Kier alpha value is -2.34. The van der Waals surface area contributed by atoms with Crippen molar-refractivity contribution in [1.29, 1.82) is 0 Å². The van der Waals surface area contributed by atoms with Gasteiger partial charge in [0, 0.05) is 11.4 Å². The molecule has 3 nitrogen and oxygen atoms in total. The largest absolute Gasteiger partial charge is 0.270 e. The topological polar surface area (TPSA) is 30.7 Å². The number of hydrogen-bond donors (Lipinski definition) is 0. The van der Waals surface area contributed by atoms with E-state index in [1.807, 2.05) is 47.9 Å². The van der Waals surface area contributed by atoms with Crippen LogP contribution in [0.5, 0.6) is 0 Å². The van der Waals surface area contributed by atoms with E-state index in [4.69, 9.17) is 23.2 Å². The second-order valence-corrected chi connectivity index (χ2v) is 8.25. The van der Waals surface area contributed by atoms with Crippen molar-refractivity contribution in [1.82, 2.24) is 14.8 Å². The van der Waals surface area contributed by atoms with Gasteiger partial charge in [0.15, 0.2) is 11.0 Å². The third-order valence-electron chi connectivity index (χ3n) is 4.36. The number of halogens is 3. The van der Waals surface area contributed by atoms with Crippen LogP contribution in [0.2, 0.25) is 10.0 Å². The second-order valence-electron chi connectivity index (χ2n) is 6.50. The molecule has 0 fully saturated rings. The number of benzene rings is 3. The fourth-order valence-corrected chi connectivity index (χ4v) is 4.17. The predicted octanol–water partition coefficient (Wildman–Crippen LogP) is 6.98. The first-order valence-corrected chi connectivity index (χ1v) is 10.6. The monoisotopic (exact) mass is 443 g/mol. The fraction of sp³-hybridized carbons (Fsp3) is 0.0909. The van der Waals surface area contributed by atoms with E-state index in [0.29, 0.717) is 32.3 Å². The van der Waals surface area contributed by atoms with E-state index in [9.17, 15) is 4.39 Å². The molecule has 0 aliphatic carbocycles. The maximum absolute atomic E-state index is 14.5. The molecule has 0 unspecified atom stereocenters. The summed E-state index contributed by atoms with van der Waals surface area (Å²) in [7, 11) is 0. The molecule has 0 atom stereocenters. The van der Waals surface area contributed by atoms with Gasteiger partial charge < -0.3 is 0 Å². The molecule has 0 radical (unpaired) electrons. The molecular weight excluding hydrogens is 428 g/mol. The molecular formula is C22H16Cl2FN3S. The summed E-state index contributed by atoms with van der Waals surface area (Å²) in [6, 6.07) is 20.1. The molecule has 1 heterocycles. The predicted molar refractivity (Wildman–Crippen MR) is 118 cm³/mol. The van der Waals surface area contributed by atoms with Crippen LogP contribution in [0.4, 0.5) is 4.39 Å². The first-order chi connectivity index (χ1) is 14.0. The van der Waals surface area contributed by atoms with Gasteiger partial charge in [-0.3, -0.25) is 4.57 Å². The molecule has 146 valence electrons. The van der Waals surface area contributed by atoms with E-state index in [2.05, 4.69) is 10.2 Å². The molecule has 0 spiro atoms. The van der Waals surface area contributed by atoms with Crippen molar-refractivity contribution >= 4 is 35.0 Å². The third kappa shape index (κ3) is 4.32. The number of thioether (sulfide) groups is 1. The van der Waals surface area contributed by atoms with Crippen molar-refractivity contribution < 1.29 is 4.39 Å². The lowest BCUT2D eigenvalue weighted by Crippen LogP contribution is -2.01. The molecule has 7 heteroatoms. The van der Waals surface area contributed by atoms with Gasteiger partial charge in [-0.05, 0) is 54.4 Å². The highest BCUT2D eigenvalue weighted by Crippen LogP contribution is 2.32. The van der Waals surface area contributed by atoms with E-state index >= 15 is 0 Å². The van der Waals surface area contributed by atoms with Gasteiger partial charge >= 0.3 is 0 Å². The third-order valence-corrected chi connectivity index (χ3v) is 6.10. The average Bonchev–Trinajstić information content (AvgIpc) is 3.13. The van der Waals surface area contributed by atoms with Crippen molar-refractivity contribution in [2.24, 2.45) is 0 Å². The van der Waals surface area contributed by atoms with Gasteiger partial charge in [0.05, 0.1) is 15.6 Å². The summed E-state index contributed by atoms with van der Waals surface area (Å²) in [6.07, 6.45) is 0. The zero-order valence-electron chi connectivity index (χ0n) is 15.4. The lowest BCUT2D eigenvalue weighted by molar-refractivity contribution is 0.629. The summed E-state index contributed by atoms with van der Waals surface area (Å²) in [4.78, 5) is 0. The zero-order chi connectivity index (χ0) is 20.4. The quantitative estimate of drug-likeness (QED) is 0.311.